The summed E-state index contributed by atoms with van der Waals surface area (Å²) >= 11 is 0. The van der Waals surface area contributed by atoms with Gasteiger partial charge in [-0.15, -0.1) is 0 Å². The average molecular weight is 625 g/mol. The lowest BCUT2D eigenvalue weighted by Gasteiger charge is -2.21. The summed E-state index contributed by atoms with van der Waals surface area (Å²) in [6.07, 6.45) is 1.85. The van der Waals surface area contributed by atoms with Crippen LogP contribution in [0, 0.1) is 0 Å². The summed E-state index contributed by atoms with van der Waals surface area (Å²) in [5, 5.41) is 4.62. The number of nitrogens with one attached hydrogen (secondary N) is 1. The van der Waals surface area contributed by atoms with Crippen LogP contribution in [0.5, 0.6) is 0 Å². The van der Waals surface area contributed by atoms with Crippen LogP contribution in [0.2, 0.25) is 0 Å². The Morgan fingerprint density at radius 1 is 0.708 bits per heavy atom. The van der Waals surface area contributed by atoms with E-state index in [1.165, 1.54) is 16.3 Å². The van der Waals surface area contributed by atoms with Crippen LogP contribution in [0.1, 0.15) is 46.2 Å². The van der Waals surface area contributed by atoms with Crippen LogP contribution in [-0.4, -0.2) is 19.5 Å². The number of fused-ring (bicyclic) bond motifs is 7. The van der Waals surface area contributed by atoms with Crippen molar-refractivity contribution in [3.05, 3.63) is 121 Å². The molecule has 0 aliphatic rings. The number of H-pyrrole nitrogens is 1. The molecule has 0 aliphatic heterocycles. The molecule has 9 aromatic rings. The minimum atomic E-state index is -0.0367. The lowest BCUT2D eigenvalue weighted by molar-refractivity contribution is 0.591. The SMILES string of the molecule is CC(C)n1c(-c2cc(C(C)(C)C)cc3c2[nH]c2ccccc23)nc2c(-c3cc(-c4ccccn4)c4c(c3)oc3ccccc34)cccc21. The highest BCUT2D eigenvalue weighted by Gasteiger charge is 2.25. The van der Waals surface area contributed by atoms with Gasteiger partial charge in [0.15, 0.2) is 0 Å². The van der Waals surface area contributed by atoms with Crippen LogP contribution in [0.4, 0.5) is 0 Å². The predicted molar refractivity (Wildman–Crippen MR) is 200 cm³/mol. The van der Waals surface area contributed by atoms with E-state index in [0.717, 1.165) is 77.8 Å². The first-order chi connectivity index (χ1) is 23.3. The zero-order chi connectivity index (χ0) is 32.7. The Hall–Kier alpha value is -5.68. The first-order valence-electron chi connectivity index (χ1n) is 16.7. The molecule has 5 aromatic carbocycles. The molecule has 0 radical (unpaired) electrons. The second-order valence-electron chi connectivity index (χ2n) is 14.1. The van der Waals surface area contributed by atoms with Crippen molar-refractivity contribution < 1.29 is 4.42 Å². The van der Waals surface area contributed by atoms with Gasteiger partial charge in [0.1, 0.15) is 17.0 Å². The van der Waals surface area contributed by atoms with Crippen molar-refractivity contribution in [2.24, 2.45) is 0 Å². The molecule has 0 unspecified atom stereocenters. The third-order valence-electron chi connectivity index (χ3n) is 9.69. The maximum absolute atomic E-state index is 6.49. The standard InChI is InChI=1S/C43H36N4O/c1-25(2)47-36-18-12-15-28(26-21-32(34-16-10-11-20-44-34)39-30-14-7-9-19-37(30)48-38(39)22-26)41(36)46-42(47)33-24-27(43(3,4)5)23-31-29-13-6-8-17-35(29)45-40(31)33/h6-25,45H,1-5H3. The van der Waals surface area contributed by atoms with E-state index < -0.39 is 0 Å². The van der Waals surface area contributed by atoms with Crippen molar-refractivity contribution >= 4 is 54.8 Å². The third-order valence-corrected chi connectivity index (χ3v) is 9.69. The van der Waals surface area contributed by atoms with E-state index in [2.05, 4.69) is 129 Å². The zero-order valence-corrected chi connectivity index (χ0v) is 27.8. The second kappa shape index (κ2) is 10.4. The fraction of sp³-hybridized carbons (Fsp3) is 0.163. The summed E-state index contributed by atoms with van der Waals surface area (Å²) in [4.78, 5) is 14.1. The molecular weight excluding hydrogens is 589 g/mol. The van der Waals surface area contributed by atoms with Crippen molar-refractivity contribution in [2.45, 2.75) is 46.1 Å². The van der Waals surface area contributed by atoms with E-state index in [0.29, 0.717) is 0 Å². The Morgan fingerprint density at radius 3 is 2.29 bits per heavy atom. The van der Waals surface area contributed by atoms with Crippen molar-refractivity contribution in [1.29, 1.82) is 0 Å². The van der Waals surface area contributed by atoms with Gasteiger partial charge in [-0.2, -0.15) is 0 Å². The highest BCUT2D eigenvalue weighted by Crippen LogP contribution is 2.43. The van der Waals surface area contributed by atoms with Gasteiger partial charge in [-0.1, -0.05) is 75.4 Å². The van der Waals surface area contributed by atoms with Gasteiger partial charge in [0.05, 0.1) is 22.2 Å². The molecule has 4 heterocycles. The number of rotatable bonds is 4. The van der Waals surface area contributed by atoms with Crippen LogP contribution in [0.25, 0.3) is 88.5 Å². The summed E-state index contributed by atoms with van der Waals surface area (Å²) < 4.78 is 8.88. The molecule has 1 N–H and O–H groups in total. The lowest BCUT2D eigenvalue weighted by atomic mass is 9.85. The molecule has 4 aromatic heterocycles. The Balaban J connectivity index is 1.35. The molecule has 0 saturated heterocycles. The van der Waals surface area contributed by atoms with E-state index >= 15 is 0 Å². The van der Waals surface area contributed by atoms with Crippen LogP contribution >= 0.6 is 0 Å². The minimum Gasteiger partial charge on any atom is -0.456 e. The summed E-state index contributed by atoms with van der Waals surface area (Å²) in [5.74, 6) is 0.963. The number of aromatic amines is 1. The van der Waals surface area contributed by atoms with Crippen molar-refractivity contribution in [1.82, 2.24) is 19.5 Å². The van der Waals surface area contributed by atoms with Gasteiger partial charge in [-0.3, -0.25) is 4.98 Å². The van der Waals surface area contributed by atoms with Crippen molar-refractivity contribution in [3.63, 3.8) is 0 Å². The number of imidazole rings is 1. The van der Waals surface area contributed by atoms with Crippen molar-refractivity contribution in [2.75, 3.05) is 0 Å². The van der Waals surface area contributed by atoms with Gasteiger partial charge in [0.25, 0.3) is 0 Å². The maximum Gasteiger partial charge on any atom is 0.143 e. The molecule has 234 valence electrons. The maximum atomic E-state index is 6.49. The lowest BCUT2D eigenvalue weighted by Crippen LogP contribution is -2.11. The van der Waals surface area contributed by atoms with E-state index in [-0.39, 0.29) is 11.5 Å². The monoisotopic (exact) mass is 624 g/mol. The van der Waals surface area contributed by atoms with Crippen LogP contribution in [0.15, 0.2) is 120 Å². The zero-order valence-electron chi connectivity index (χ0n) is 27.8. The predicted octanol–water partition coefficient (Wildman–Crippen LogP) is 11.8. The first-order valence-corrected chi connectivity index (χ1v) is 16.7. The third kappa shape index (κ3) is 4.31. The second-order valence-corrected chi connectivity index (χ2v) is 14.1. The van der Waals surface area contributed by atoms with Crippen LogP contribution in [0.3, 0.4) is 0 Å². The fourth-order valence-corrected chi connectivity index (χ4v) is 7.36. The number of nitrogens with zero attached hydrogens (tertiary/aromatic N) is 3. The van der Waals surface area contributed by atoms with Crippen LogP contribution in [-0.2, 0) is 5.41 Å². The van der Waals surface area contributed by atoms with Gasteiger partial charge < -0.3 is 14.0 Å². The summed E-state index contributed by atoms with van der Waals surface area (Å²) in [6, 6.07) is 38.7. The van der Waals surface area contributed by atoms with E-state index in [4.69, 9.17) is 14.4 Å². The Kier molecular flexibility index (Phi) is 6.19. The van der Waals surface area contributed by atoms with Gasteiger partial charge in [0, 0.05) is 56.0 Å². The number of para-hydroxylation sites is 3. The van der Waals surface area contributed by atoms with E-state index in [1.54, 1.807) is 0 Å². The molecule has 0 saturated carbocycles. The fourth-order valence-electron chi connectivity index (χ4n) is 7.36. The Morgan fingerprint density at radius 2 is 1.50 bits per heavy atom. The Labute approximate surface area is 278 Å². The summed E-state index contributed by atoms with van der Waals surface area (Å²) in [7, 11) is 0. The topological polar surface area (TPSA) is 59.6 Å². The molecular formula is C43H36N4O. The highest BCUT2D eigenvalue weighted by atomic mass is 16.3. The highest BCUT2D eigenvalue weighted by molar-refractivity contribution is 6.15. The first kappa shape index (κ1) is 28.5. The Bertz CT molecular complexity index is 2680. The molecule has 0 atom stereocenters. The number of furan rings is 1. The smallest absolute Gasteiger partial charge is 0.143 e. The van der Waals surface area contributed by atoms with Crippen LogP contribution < -0.4 is 0 Å². The summed E-state index contributed by atoms with van der Waals surface area (Å²) in [6.45, 7) is 11.3. The van der Waals surface area contributed by atoms with E-state index in [9.17, 15) is 0 Å². The molecule has 5 heteroatoms. The van der Waals surface area contributed by atoms with Gasteiger partial charge in [-0.05, 0) is 85.0 Å². The largest absolute Gasteiger partial charge is 0.456 e. The molecule has 0 amide bonds. The number of aromatic nitrogens is 4. The summed E-state index contributed by atoms with van der Waals surface area (Å²) in [5.41, 5.74) is 12.5. The molecule has 0 fully saturated rings. The van der Waals surface area contributed by atoms with Crippen molar-refractivity contribution in [3.8, 4) is 33.8 Å². The molecule has 5 nitrogen and oxygen atoms in total. The van der Waals surface area contributed by atoms with Gasteiger partial charge >= 0.3 is 0 Å². The van der Waals surface area contributed by atoms with E-state index in [1.807, 2.05) is 30.5 Å². The number of benzene rings is 5. The van der Waals surface area contributed by atoms with Gasteiger partial charge in [-0.25, -0.2) is 4.98 Å². The molecule has 9 rings (SSSR count). The molecule has 0 spiro atoms. The number of pyridine rings is 1. The number of hydrogen-bond donors (Lipinski definition) is 1. The average Bonchev–Trinajstić information content (AvgIpc) is 3.78. The molecule has 48 heavy (non-hydrogen) atoms. The normalized spacial score (nSPS) is 12.5. The minimum absolute atomic E-state index is 0.0367. The number of hydrogen-bond acceptors (Lipinski definition) is 3. The van der Waals surface area contributed by atoms with Gasteiger partial charge in [0.2, 0.25) is 0 Å². The quantitative estimate of drug-likeness (QED) is 0.212. The molecule has 0 aliphatic carbocycles. The molecule has 0 bridgehead atoms.